The molecule has 1 atom stereocenters. The van der Waals surface area contributed by atoms with Crippen molar-refractivity contribution in [1.29, 1.82) is 0 Å². The fraction of sp³-hybridized carbons (Fsp3) is 0.125. The summed E-state index contributed by atoms with van der Waals surface area (Å²) in [6.07, 6.45) is 1.42. The molecule has 3 aromatic carbocycles. The van der Waals surface area contributed by atoms with Crippen LogP contribution in [0.5, 0.6) is 5.75 Å². The Balaban J connectivity index is 1.51. The summed E-state index contributed by atoms with van der Waals surface area (Å²) in [5, 5.41) is 7.56. The first-order valence-electron chi connectivity index (χ1n) is 9.78. The lowest BCUT2D eigenvalue weighted by atomic mass is 10.1. The second-order valence-electron chi connectivity index (χ2n) is 6.90. The van der Waals surface area contributed by atoms with Crippen LogP contribution in [0.4, 0.5) is 0 Å². The molecule has 0 fully saturated rings. The molecule has 164 valence electrons. The predicted octanol–water partition coefficient (Wildman–Crippen LogP) is 4.90. The largest absolute Gasteiger partial charge is 0.489 e. The van der Waals surface area contributed by atoms with Crippen LogP contribution in [0.3, 0.4) is 0 Å². The smallest absolute Gasteiger partial charge is 0.329 e. The van der Waals surface area contributed by atoms with Gasteiger partial charge in [-0.25, -0.2) is 5.43 Å². The van der Waals surface area contributed by atoms with Crippen molar-refractivity contribution in [3.05, 3.63) is 99.5 Å². The lowest BCUT2D eigenvalue weighted by Gasteiger charge is -2.13. The first-order chi connectivity index (χ1) is 15.4. The number of hydrazone groups is 1. The first-order valence-corrected chi connectivity index (χ1v) is 10.5. The molecule has 0 aliphatic rings. The minimum atomic E-state index is -0.853. The van der Waals surface area contributed by atoms with Crippen LogP contribution in [-0.4, -0.2) is 18.0 Å². The third-order valence-corrected chi connectivity index (χ3v) is 5.09. The Morgan fingerprint density at radius 3 is 2.53 bits per heavy atom. The van der Waals surface area contributed by atoms with Crippen LogP contribution in [0.2, 0.25) is 10.0 Å². The monoisotopic (exact) mass is 469 g/mol. The molecule has 2 N–H and O–H groups in total. The molecule has 2 amide bonds. The van der Waals surface area contributed by atoms with Crippen molar-refractivity contribution in [2.75, 3.05) is 0 Å². The van der Waals surface area contributed by atoms with Gasteiger partial charge in [0.05, 0.1) is 12.3 Å². The first kappa shape index (κ1) is 23.3. The maximum Gasteiger partial charge on any atom is 0.329 e. The molecule has 0 saturated heterocycles. The summed E-state index contributed by atoms with van der Waals surface area (Å²) in [6.45, 7) is 2.07. The fourth-order valence-electron chi connectivity index (χ4n) is 2.79. The molecule has 0 aliphatic heterocycles. The predicted molar refractivity (Wildman–Crippen MR) is 126 cm³/mol. The molecule has 8 heteroatoms. The highest BCUT2D eigenvalue weighted by atomic mass is 35.5. The van der Waals surface area contributed by atoms with Crippen LogP contribution in [0.25, 0.3) is 0 Å². The molecule has 0 unspecified atom stereocenters. The van der Waals surface area contributed by atoms with Gasteiger partial charge in [0, 0.05) is 15.6 Å². The van der Waals surface area contributed by atoms with Gasteiger partial charge in [-0.3, -0.25) is 9.59 Å². The Kier molecular flexibility index (Phi) is 8.25. The number of carbonyl (C=O) groups excluding carboxylic acids is 2. The van der Waals surface area contributed by atoms with Crippen molar-refractivity contribution in [1.82, 2.24) is 10.7 Å². The van der Waals surface area contributed by atoms with Crippen molar-refractivity contribution in [3.63, 3.8) is 0 Å². The minimum Gasteiger partial charge on any atom is -0.489 e. The average Bonchev–Trinajstić information content (AvgIpc) is 2.79. The Morgan fingerprint density at radius 1 is 1.00 bits per heavy atom. The molecule has 0 heterocycles. The molecule has 0 spiro atoms. The summed E-state index contributed by atoms with van der Waals surface area (Å²) >= 11 is 12.1. The molecule has 0 aliphatic carbocycles. The minimum absolute atomic E-state index is 0.271. The highest BCUT2D eigenvalue weighted by molar-refractivity contribution is 6.35. The van der Waals surface area contributed by atoms with Gasteiger partial charge >= 0.3 is 11.8 Å². The van der Waals surface area contributed by atoms with Gasteiger partial charge in [0.1, 0.15) is 12.4 Å². The number of nitrogens with zero attached hydrogens (tertiary/aromatic N) is 1. The molecule has 3 rings (SSSR count). The second kappa shape index (κ2) is 11.3. The number of halogens is 2. The van der Waals surface area contributed by atoms with Crippen LogP contribution in [0, 0.1) is 0 Å². The van der Waals surface area contributed by atoms with E-state index >= 15 is 0 Å². The molecular formula is C24H21Cl2N3O3. The van der Waals surface area contributed by atoms with Gasteiger partial charge in [0.2, 0.25) is 0 Å². The molecule has 3 aromatic rings. The summed E-state index contributed by atoms with van der Waals surface area (Å²) in [7, 11) is 0. The summed E-state index contributed by atoms with van der Waals surface area (Å²) in [6, 6.07) is 21.4. The SMILES string of the molecule is C[C@@H](NC(=O)C(=O)N/N=C\c1cccc(OCc2ccc(Cl)cc2Cl)c1)c1ccccc1. The zero-order chi connectivity index (χ0) is 22.9. The number of hydrogen-bond acceptors (Lipinski definition) is 4. The van der Waals surface area contributed by atoms with E-state index in [2.05, 4.69) is 15.8 Å². The van der Waals surface area contributed by atoms with Crippen LogP contribution >= 0.6 is 23.2 Å². The number of amides is 2. The molecule has 0 saturated carbocycles. The molecule has 0 aromatic heterocycles. The third-order valence-electron chi connectivity index (χ3n) is 4.50. The van der Waals surface area contributed by atoms with Gasteiger partial charge < -0.3 is 10.1 Å². The van der Waals surface area contributed by atoms with Gasteiger partial charge in [-0.1, -0.05) is 71.7 Å². The Bertz CT molecular complexity index is 1120. The molecule has 6 nitrogen and oxygen atoms in total. The number of benzene rings is 3. The topological polar surface area (TPSA) is 79.8 Å². The quantitative estimate of drug-likeness (QED) is 0.293. The summed E-state index contributed by atoms with van der Waals surface area (Å²) < 4.78 is 5.76. The molecular weight excluding hydrogens is 449 g/mol. The van der Waals surface area contributed by atoms with E-state index in [4.69, 9.17) is 27.9 Å². The van der Waals surface area contributed by atoms with Gasteiger partial charge in [-0.2, -0.15) is 5.10 Å². The van der Waals surface area contributed by atoms with Gasteiger partial charge in [-0.05, 0) is 42.3 Å². The van der Waals surface area contributed by atoms with Crippen LogP contribution in [0.15, 0.2) is 77.9 Å². The maximum atomic E-state index is 12.1. The zero-order valence-electron chi connectivity index (χ0n) is 17.2. The Morgan fingerprint density at radius 2 is 1.78 bits per heavy atom. The van der Waals surface area contributed by atoms with E-state index in [1.165, 1.54) is 6.21 Å². The number of hydrogen-bond donors (Lipinski definition) is 2. The number of ether oxygens (including phenoxy) is 1. The van der Waals surface area contributed by atoms with Gasteiger partial charge in [-0.15, -0.1) is 0 Å². The fourth-order valence-corrected chi connectivity index (χ4v) is 3.25. The number of carbonyl (C=O) groups is 2. The summed E-state index contributed by atoms with van der Waals surface area (Å²) in [5.41, 5.74) is 4.61. The summed E-state index contributed by atoms with van der Waals surface area (Å²) in [5.74, 6) is -1.02. The van der Waals surface area contributed by atoms with Crippen molar-refractivity contribution in [2.45, 2.75) is 19.6 Å². The van der Waals surface area contributed by atoms with E-state index in [1.807, 2.05) is 30.3 Å². The van der Waals surface area contributed by atoms with Crippen LogP contribution in [0.1, 0.15) is 29.7 Å². The van der Waals surface area contributed by atoms with Crippen LogP contribution in [-0.2, 0) is 16.2 Å². The highest BCUT2D eigenvalue weighted by Crippen LogP contribution is 2.23. The van der Waals surface area contributed by atoms with E-state index in [-0.39, 0.29) is 12.6 Å². The third kappa shape index (κ3) is 6.83. The Hall–Kier alpha value is -3.35. The highest BCUT2D eigenvalue weighted by Gasteiger charge is 2.16. The lowest BCUT2D eigenvalue weighted by molar-refractivity contribution is -0.139. The van der Waals surface area contributed by atoms with Crippen molar-refractivity contribution >= 4 is 41.2 Å². The number of rotatable bonds is 7. The lowest BCUT2D eigenvalue weighted by Crippen LogP contribution is -2.39. The molecule has 0 radical (unpaired) electrons. The van der Waals surface area contributed by atoms with E-state index < -0.39 is 11.8 Å². The summed E-state index contributed by atoms with van der Waals surface area (Å²) in [4.78, 5) is 24.1. The number of nitrogens with one attached hydrogen (secondary N) is 2. The van der Waals surface area contributed by atoms with E-state index in [0.717, 1.165) is 11.1 Å². The maximum absolute atomic E-state index is 12.1. The normalized spacial score (nSPS) is 11.7. The van der Waals surface area contributed by atoms with E-state index in [0.29, 0.717) is 21.4 Å². The zero-order valence-corrected chi connectivity index (χ0v) is 18.7. The standard InChI is InChI=1S/C24H21Cl2N3O3/c1-16(18-7-3-2-4-8-18)28-23(30)24(31)29-27-14-17-6-5-9-21(12-17)32-15-19-10-11-20(25)13-22(19)26/h2-14,16H,15H2,1H3,(H,28,30)(H,29,31)/b27-14-/t16-/m1/s1. The molecule has 0 bridgehead atoms. The van der Waals surface area contributed by atoms with Crippen LogP contribution < -0.4 is 15.5 Å². The van der Waals surface area contributed by atoms with Gasteiger partial charge in [0.25, 0.3) is 0 Å². The van der Waals surface area contributed by atoms with Crippen molar-refractivity contribution in [2.24, 2.45) is 5.10 Å². The second-order valence-corrected chi connectivity index (χ2v) is 7.75. The van der Waals surface area contributed by atoms with Crippen molar-refractivity contribution in [3.8, 4) is 5.75 Å². The molecule has 32 heavy (non-hydrogen) atoms. The van der Waals surface area contributed by atoms with Gasteiger partial charge in [0.15, 0.2) is 0 Å². The van der Waals surface area contributed by atoms with Crippen molar-refractivity contribution < 1.29 is 14.3 Å². The van der Waals surface area contributed by atoms with E-state index in [9.17, 15) is 9.59 Å². The Labute approximate surface area is 196 Å². The average molecular weight is 470 g/mol. The van der Waals surface area contributed by atoms with E-state index in [1.54, 1.807) is 49.4 Å².